The molecular formula is C13H18N2O3S. The summed E-state index contributed by atoms with van der Waals surface area (Å²) in [5.41, 5.74) is 1.08. The number of rotatable bonds is 4. The van der Waals surface area contributed by atoms with Crippen molar-refractivity contribution in [1.29, 1.82) is 0 Å². The third-order valence-corrected chi connectivity index (χ3v) is 4.49. The molecule has 0 aromatic heterocycles. The third kappa shape index (κ3) is 3.47. The van der Waals surface area contributed by atoms with Crippen LogP contribution in [0.15, 0.2) is 24.3 Å². The summed E-state index contributed by atoms with van der Waals surface area (Å²) in [6.45, 7) is 3.19. The fourth-order valence-corrected chi connectivity index (χ4v) is 2.67. The summed E-state index contributed by atoms with van der Waals surface area (Å²) in [4.78, 5) is 13.9. The highest BCUT2D eigenvalue weighted by Crippen LogP contribution is 2.16. The molecule has 19 heavy (non-hydrogen) atoms. The number of anilines is 1. The molecule has 0 bridgehead atoms. The Hall–Kier alpha value is -1.56. The SMILES string of the molecule is CCS(=O)(=O)Nc1ccc(C(=O)N2CCCC2)cc1. The molecule has 1 amide bonds. The predicted octanol–water partition coefficient (Wildman–Crippen LogP) is 1.68. The second-order valence-corrected chi connectivity index (χ2v) is 6.59. The van der Waals surface area contributed by atoms with Crippen molar-refractivity contribution in [2.45, 2.75) is 19.8 Å². The monoisotopic (exact) mass is 282 g/mol. The molecule has 1 aliphatic heterocycles. The van der Waals surface area contributed by atoms with E-state index in [2.05, 4.69) is 4.72 Å². The highest BCUT2D eigenvalue weighted by atomic mass is 32.2. The number of benzene rings is 1. The Bertz CT molecular complexity index is 546. The van der Waals surface area contributed by atoms with Crippen LogP contribution in [0.3, 0.4) is 0 Å². The second kappa shape index (κ2) is 5.61. The predicted molar refractivity (Wildman–Crippen MR) is 74.7 cm³/mol. The first-order valence-electron chi connectivity index (χ1n) is 6.41. The Morgan fingerprint density at radius 3 is 2.32 bits per heavy atom. The van der Waals surface area contributed by atoms with Crippen LogP contribution in [0.2, 0.25) is 0 Å². The van der Waals surface area contributed by atoms with Crippen molar-refractivity contribution in [2.24, 2.45) is 0 Å². The molecule has 0 unspecified atom stereocenters. The van der Waals surface area contributed by atoms with Gasteiger partial charge in [0.05, 0.1) is 5.75 Å². The topological polar surface area (TPSA) is 66.5 Å². The van der Waals surface area contributed by atoms with Crippen LogP contribution in [-0.2, 0) is 10.0 Å². The maximum Gasteiger partial charge on any atom is 0.253 e. The summed E-state index contributed by atoms with van der Waals surface area (Å²) in [7, 11) is -3.27. The van der Waals surface area contributed by atoms with Gasteiger partial charge in [-0.3, -0.25) is 9.52 Å². The summed E-state index contributed by atoms with van der Waals surface area (Å²) in [6, 6.07) is 6.56. The number of hydrogen-bond donors (Lipinski definition) is 1. The van der Waals surface area contributed by atoms with Crippen LogP contribution in [0.1, 0.15) is 30.1 Å². The van der Waals surface area contributed by atoms with E-state index in [4.69, 9.17) is 0 Å². The molecule has 1 N–H and O–H groups in total. The number of nitrogens with one attached hydrogen (secondary N) is 1. The van der Waals surface area contributed by atoms with Crippen LogP contribution in [0.25, 0.3) is 0 Å². The molecule has 1 saturated heterocycles. The van der Waals surface area contributed by atoms with E-state index in [9.17, 15) is 13.2 Å². The van der Waals surface area contributed by atoms with E-state index in [0.29, 0.717) is 11.3 Å². The van der Waals surface area contributed by atoms with Crippen molar-refractivity contribution in [1.82, 2.24) is 4.90 Å². The molecule has 0 radical (unpaired) electrons. The van der Waals surface area contributed by atoms with Gasteiger partial charge in [0.15, 0.2) is 0 Å². The van der Waals surface area contributed by atoms with Crippen LogP contribution in [0.5, 0.6) is 0 Å². The zero-order valence-electron chi connectivity index (χ0n) is 10.9. The smallest absolute Gasteiger partial charge is 0.253 e. The fraction of sp³-hybridized carbons (Fsp3) is 0.462. The third-order valence-electron chi connectivity index (χ3n) is 3.18. The van der Waals surface area contributed by atoms with Gasteiger partial charge in [-0.15, -0.1) is 0 Å². The van der Waals surface area contributed by atoms with Crippen LogP contribution < -0.4 is 4.72 Å². The van der Waals surface area contributed by atoms with Gasteiger partial charge in [-0.25, -0.2) is 8.42 Å². The average Bonchev–Trinajstić information content (AvgIpc) is 2.92. The summed E-state index contributed by atoms with van der Waals surface area (Å²) in [5.74, 6) is 0.0453. The lowest BCUT2D eigenvalue weighted by Crippen LogP contribution is -2.27. The Morgan fingerprint density at radius 1 is 1.21 bits per heavy atom. The van der Waals surface area contributed by atoms with Gasteiger partial charge < -0.3 is 4.90 Å². The van der Waals surface area contributed by atoms with E-state index >= 15 is 0 Å². The molecule has 1 fully saturated rings. The molecule has 0 atom stereocenters. The number of carbonyl (C=O) groups is 1. The lowest BCUT2D eigenvalue weighted by Gasteiger charge is -2.15. The summed E-state index contributed by atoms with van der Waals surface area (Å²) in [5, 5.41) is 0. The highest BCUT2D eigenvalue weighted by molar-refractivity contribution is 7.92. The lowest BCUT2D eigenvalue weighted by molar-refractivity contribution is 0.0793. The minimum atomic E-state index is -3.27. The van der Waals surface area contributed by atoms with Crippen LogP contribution in [-0.4, -0.2) is 38.1 Å². The van der Waals surface area contributed by atoms with E-state index in [-0.39, 0.29) is 11.7 Å². The van der Waals surface area contributed by atoms with Crippen molar-refractivity contribution in [3.8, 4) is 0 Å². The Balaban J connectivity index is 2.08. The second-order valence-electron chi connectivity index (χ2n) is 4.58. The molecule has 1 aromatic rings. The van der Waals surface area contributed by atoms with Crippen molar-refractivity contribution in [2.75, 3.05) is 23.6 Å². The van der Waals surface area contributed by atoms with Crippen molar-refractivity contribution < 1.29 is 13.2 Å². The number of amides is 1. The minimum Gasteiger partial charge on any atom is -0.339 e. The van der Waals surface area contributed by atoms with Crippen LogP contribution >= 0.6 is 0 Å². The first-order valence-corrected chi connectivity index (χ1v) is 8.07. The molecular weight excluding hydrogens is 264 g/mol. The van der Waals surface area contributed by atoms with Crippen molar-refractivity contribution in [3.05, 3.63) is 29.8 Å². The summed E-state index contributed by atoms with van der Waals surface area (Å²) >= 11 is 0. The molecule has 1 heterocycles. The Kier molecular flexibility index (Phi) is 4.09. The maximum absolute atomic E-state index is 12.1. The van der Waals surface area contributed by atoms with Gasteiger partial charge in [0, 0.05) is 24.3 Å². The zero-order chi connectivity index (χ0) is 13.9. The van der Waals surface area contributed by atoms with Gasteiger partial charge in [0.2, 0.25) is 10.0 Å². The molecule has 0 aliphatic carbocycles. The summed E-state index contributed by atoms with van der Waals surface area (Å²) < 4.78 is 25.3. The number of nitrogens with zero attached hydrogens (tertiary/aromatic N) is 1. The van der Waals surface area contributed by atoms with Gasteiger partial charge in [-0.2, -0.15) is 0 Å². The number of carbonyl (C=O) groups excluding carboxylic acids is 1. The molecule has 0 saturated carbocycles. The molecule has 5 nitrogen and oxygen atoms in total. The summed E-state index contributed by atoms with van der Waals surface area (Å²) in [6.07, 6.45) is 2.11. The first kappa shape index (κ1) is 13.9. The quantitative estimate of drug-likeness (QED) is 0.913. The van der Waals surface area contributed by atoms with Crippen molar-refractivity contribution in [3.63, 3.8) is 0 Å². The van der Waals surface area contributed by atoms with Gasteiger partial charge in [0.25, 0.3) is 5.91 Å². The van der Waals surface area contributed by atoms with E-state index in [1.54, 1.807) is 31.2 Å². The number of likely N-dealkylation sites (tertiary alicyclic amines) is 1. The van der Waals surface area contributed by atoms with Crippen molar-refractivity contribution >= 4 is 21.6 Å². The molecule has 0 spiro atoms. The standard InChI is InChI=1S/C13H18N2O3S/c1-2-19(17,18)14-12-7-5-11(6-8-12)13(16)15-9-3-4-10-15/h5-8,14H,2-4,9-10H2,1H3. The van der Waals surface area contributed by atoms with Gasteiger partial charge in [-0.05, 0) is 44.0 Å². The number of hydrogen-bond acceptors (Lipinski definition) is 3. The minimum absolute atomic E-state index is 0.0161. The van der Waals surface area contributed by atoms with E-state index in [1.165, 1.54) is 0 Å². The van der Waals surface area contributed by atoms with E-state index in [1.807, 2.05) is 4.90 Å². The fourth-order valence-electron chi connectivity index (χ4n) is 2.04. The molecule has 1 aromatic carbocycles. The molecule has 104 valence electrons. The van der Waals surface area contributed by atoms with Gasteiger partial charge in [0.1, 0.15) is 0 Å². The first-order chi connectivity index (χ1) is 9.02. The van der Waals surface area contributed by atoms with E-state index in [0.717, 1.165) is 25.9 Å². The lowest BCUT2D eigenvalue weighted by atomic mass is 10.2. The Labute approximate surface area is 113 Å². The normalized spacial score (nSPS) is 15.5. The van der Waals surface area contributed by atoms with Gasteiger partial charge >= 0.3 is 0 Å². The maximum atomic E-state index is 12.1. The van der Waals surface area contributed by atoms with E-state index < -0.39 is 10.0 Å². The number of sulfonamides is 1. The average molecular weight is 282 g/mol. The van der Waals surface area contributed by atoms with Gasteiger partial charge in [-0.1, -0.05) is 0 Å². The zero-order valence-corrected chi connectivity index (χ0v) is 11.7. The highest BCUT2D eigenvalue weighted by Gasteiger charge is 2.19. The molecule has 1 aliphatic rings. The largest absolute Gasteiger partial charge is 0.339 e. The Morgan fingerprint density at radius 2 is 1.79 bits per heavy atom. The van der Waals surface area contributed by atoms with Crippen LogP contribution in [0, 0.1) is 0 Å². The van der Waals surface area contributed by atoms with Crippen LogP contribution in [0.4, 0.5) is 5.69 Å². The molecule has 2 rings (SSSR count). The molecule has 6 heteroatoms.